The topological polar surface area (TPSA) is 79.9 Å². The van der Waals surface area contributed by atoms with E-state index in [1.54, 1.807) is 0 Å². The quantitative estimate of drug-likeness (QED) is 0.568. The van der Waals surface area contributed by atoms with Crippen LogP contribution in [0.4, 0.5) is 0 Å². The van der Waals surface area contributed by atoms with Crippen molar-refractivity contribution in [3.63, 3.8) is 0 Å². The molecule has 0 saturated heterocycles. The fourth-order valence-electron chi connectivity index (χ4n) is 2.77. The van der Waals surface area contributed by atoms with Crippen LogP contribution in [0.3, 0.4) is 0 Å². The van der Waals surface area contributed by atoms with Gasteiger partial charge in [0.2, 0.25) is 11.1 Å². The Morgan fingerprint density at radius 3 is 2.71 bits per heavy atom. The molecule has 7 heteroatoms. The molecule has 1 aliphatic rings. The summed E-state index contributed by atoms with van der Waals surface area (Å²) in [5, 5.41) is 10.4. The van der Waals surface area contributed by atoms with Crippen LogP contribution in [0.5, 0.6) is 5.75 Å². The maximum Gasteiger partial charge on any atom is 0.238 e. The number of nitrogens with zero attached hydrogens (tertiary/aromatic N) is 2. The van der Waals surface area contributed by atoms with Gasteiger partial charge in [0.25, 0.3) is 0 Å². The lowest BCUT2D eigenvalue weighted by molar-refractivity contribution is -0.120. The van der Waals surface area contributed by atoms with Crippen molar-refractivity contribution in [1.82, 2.24) is 20.5 Å². The zero-order valence-corrected chi connectivity index (χ0v) is 16.4. The van der Waals surface area contributed by atoms with Crippen LogP contribution in [0.25, 0.3) is 0 Å². The molecule has 1 fully saturated rings. The van der Waals surface area contributed by atoms with Gasteiger partial charge in [0.05, 0.1) is 0 Å². The Bertz CT molecular complexity index is 940. The number of hydrogen-bond donors (Lipinski definition) is 2. The average Bonchev–Trinajstić information content (AvgIpc) is 3.41. The van der Waals surface area contributed by atoms with E-state index in [0.717, 1.165) is 29.7 Å². The minimum absolute atomic E-state index is 0.00112. The van der Waals surface area contributed by atoms with E-state index in [1.165, 1.54) is 11.8 Å². The molecule has 28 heavy (non-hydrogen) atoms. The number of para-hydroxylation sites is 1. The van der Waals surface area contributed by atoms with Crippen LogP contribution in [-0.4, -0.2) is 27.1 Å². The van der Waals surface area contributed by atoms with E-state index in [2.05, 4.69) is 20.5 Å². The van der Waals surface area contributed by atoms with Crippen molar-refractivity contribution in [3.8, 4) is 5.75 Å². The van der Waals surface area contributed by atoms with Crippen LogP contribution in [-0.2, 0) is 11.4 Å². The average molecular weight is 395 g/mol. The Morgan fingerprint density at radius 1 is 1.21 bits per heavy atom. The smallest absolute Gasteiger partial charge is 0.238 e. The van der Waals surface area contributed by atoms with E-state index < -0.39 is 0 Å². The van der Waals surface area contributed by atoms with Crippen molar-refractivity contribution < 1.29 is 9.53 Å². The summed E-state index contributed by atoms with van der Waals surface area (Å²) in [6.45, 7) is 2.29. The highest BCUT2D eigenvalue weighted by atomic mass is 32.2. The normalized spacial score (nSPS) is 14.5. The van der Waals surface area contributed by atoms with Crippen LogP contribution >= 0.6 is 11.8 Å². The minimum atomic E-state index is -0.386. The van der Waals surface area contributed by atoms with Crippen LogP contribution in [0.2, 0.25) is 0 Å². The molecule has 2 aromatic carbocycles. The van der Waals surface area contributed by atoms with Gasteiger partial charge in [-0.25, -0.2) is 4.98 Å². The number of hydrogen-bond acceptors (Lipinski definition) is 5. The van der Waals surface area contributed by atoms with Gasteiger partial charge in [0.1, 0.15) is 17.6 Å². The SMILES string of the molecule is Cc1ccccc1OCc1nc(S[C@H](C(=O)NC2CC2)c2ccccc2)n[nH]1. The number of amides is 1. The van der Waals surface area contributed by atoms with E-state index in [4.69, 9.17) is 4.74 Å². The molecule has 0 aliphatic heterocycles. The van der Waals surface area contributed by atoms with Crippen LogP contribution < -0.4 is 10.1 Å². The summed E-state index contributed by atoms with van der Waals surface area (Å²) in [7, 11) is 0. The predicted molar refractivity (Wildman–Crippen MR) is 108 cm³/mol. The van der Waals surface area contributed by atoms with Crippen LogP contribution in [0, 0.1) is 6.92 Å². The van der Waals surface area contributed by atoms with Crippen molar-refractivity contribution >= 4 is 17.7 Å². The molecule has 1 amide bonds. The van der Waals surface area contributed by atoms with Crippen molar-refractivity contribution in [2.75, 3.05) is 0 Å². The standard InChI is InChI=1S/C21H22N4O2S/c1-14-7-5-6-10-17(14)27-13-18-23-21(25-24-18)28-19(15-8-3-2-4-9-15)20(26)22-16-11-12-16/h2-10,16,19H,11-13H2,1H3,(H,22,26)(H,23,24,25)/t19-/m0/s1. The van der Waals surface area contributed by atoms with Gasteiger partial charge in [-0.1, -0.05) is 60.3 Å². The summed E-state index contributed by atoms with van der Waals surface area (Å²) in [6, 6.07) is 17.9. The fourth-order valence-corrected chi connectivity index (χ4v) is 3.71. The second-order valence-corrected chi connectivity index (χ2v) is 7.88. The van der Waals surface area contributed by atoms with Gasteiger partial charge in [-0.2, -0.15) is 0 Å². The molecular weight excluding hydrogens is 372 g/mol. The Labute approximate surface area is 168 Å². The third-order valence-electron chi connectivity index (χ3n) is 4.46. The Hall–Kier alpha value is -2.80. The second-order valence-electron chi connectivity index (χ2n) is 6.81. The Morgan fingerprint density at radius 2 is 1.96 bits per heavy atom. The predicted octanol–water partition coefficient (Wildman–Crippen LogP) is 3.80. The van der Waals surface area contributed by atoms with Crippen molar-refractivity contribution in [2.45, 2.75) is 42.8 Å². The van der Waals surface area contributed by atoms with E-state index in [9.17, 15) is 4.79 Å². The maximum atomic E-state index is 12.7. The molecule has 2 N–H and O–H groups in total. The summed E-state index contributed by atoms with van der Waals surface area (Å²) in [4.78, 5) is 17.2. The van der Waals surface area contributed by atoms with E-state index in [-0.39, 0.29) is 11.2 Å². The molecule has 1 aliphatic carbocycles. The third kappa shape index (κ3) is 4.72. The number of nitrogens with one attached hydrogen (secondary N) is 2. The first-order chi connectivity index (χ1) is 13.7. The largest absolute Gasteiger partial charge is 0.485 e. The molecule has 6 nitrogen and oxygen atoms in total. The molecule has 0 radical (unpaired) electrons. The van der Waals surface area contributed by atoms with Crippen molar-refractivity contribution in [2.24, 2.45) is 0 Å². The minimum Gasteiger partial charge on any atom is -0.485 e. The Kier molecular flexibility index (Phi) is 5.62. The fraction of sp³-hybridized carbons (Fsp3) is 0.286. The molecule has 144 valence electrons. The number of ether oxygens (including phenoxy) is 1. The highest BCUT2D eigenvalue weighted by molar-refractivity contribution is 8.00. The number of thioether (sulfide) groups is 1. The monoisotopic (exact) mass is 394 g/mol. The summed E-state index contributed by atoms with van der Waals surface area (Å²) in [5.74, 6) is 1.44. The third-order valence-corrected chi connectivity index (χ3v) is 5.57. The van der Waals surface area contributed by atoms with E-state index in [0.29, 0.717) is 23.6 Å². The molecule has 1 aromatic heterocycles. The number of benzene rings is 2. The van der Waals surface area contributed by atoms with Crippen LogP contribution in [0.15, 0.2) is 59.8 Å². The molecule has 1 atom stereocenters. The lowest BCUT2D eigenvalue weighted by atomic mass is 10.1. The van der Waals surface area contributed by atoms with E-state index in [1.807, 2.05) is 61.5 Å². The van der Waals surface area contributed by atoms with Gasteiger partial charge in [0, 0.05) is 6.04 Å². The van der Waals surface area contributed by atoms with Gasteiger partial charge in [-0.15, -0.1) is 5.10 Å². The number of aromatic nitrogens is 3. The Balaban J connectivity index is 1.43. The summed E-state index contributed by atoms with van der Waals surface area (Å²) < 4.78 is 5.81. The van der Waals surface area contributed by atoms with Gasteiger partial charge in [-0.05, 0) is 37.0 Å². The number of carbonyl (C=O) groups excluding carboxylic acids is 1. The summed E-state index contributed by atoms with van der Waals surface area (Å²) >= 11 is 1.34. The number of aromatic amines is 1. The molecule has 1 heterocycles. The lowest BCUT2D eigenvalue weighted by Gasteiger charge is -2.15. The van der Waals surface area contributed by atoms with Crippen molar-refractivity contribution in [1.29, 1.82) is 0 Å². The number of rotatable bonds is 8. The lowest BCUT2D eigenvalue weighted by Crippen LogP contribution is -2.29. The van der Waals surface area contributed by atoms with E-state index >= 15 is 0 Å². The van der Waals surface area contributed by atoms with Gasteiger partial charge in [0.15, 0.2) is 5.82 Å². The molecule has 0 unspecified atom stereocenters. The van der Waals surface area contributed by atoms with Crippen molar-refractivity contribution in [3.05, 3.63) is 71.5 Å². The first-order valence-electron chi connectivity index (χ1n) is 9.31. The first-order valence-corrected chi connectivity index (χ1v) is 10.2. The van der Waals surface area contributed by atoms with Gasteiger partial charge >= 0.3 is 0 Å². The number of carbonyl (C=O) groups is 1. The highest BCUT2D eigenvalue weighted by Crippen LogP contribution is 2.34. The molecule has 0 spiro atoms. The summed E-state index contributed by atoms with van der Waals surface area (Å²) in [6.07, 6.45) is 2.11. The summed E-state index contributed by atoms with van der Waals surface area (Å²) in [5.41, 5.74) is 2.01. The zero-order chi connectivity index (χ0) is 19.3. The maximum absolute atomic E-state index is 12.7. The molecule has 1 saturated carbocycles. The van der Waals surface area contributed by atoms with Gasteiger partial charge < -0.3 is 10.1 Å². The number of H-pyrrole nitrogens is 1. The number of aryl methyl sites for hydroxylation is 1. The zero-order valence-electron chi connectivity index (χ0n) is 15.6. The molecule has 3 aromatic rings. The van der Waals surface area contributed by atoms with Gasteiger partial charge in [-0.3, -0.25) is 9.89 Å². The molecule has 4 rings (SSSR count). The van der Waals surface area contributed by atoms with Crippen LogP contribution in [0.1, 0.15) is 35.0 Å². The highest BCUT2D eigenvalue weighted by Gasteiger charge is 2.30. The molecular formula is C21H22N4O2S. The molecule has 0 bridgehead atoms. The first kappa shape index (κ1) is 18.6. The second kappa shape index (κ2) is 8.48.